The molecule has 100 valence electrons. The number of hydrogen-bond donors (Lipinski definition) is 2. The van der Waals surface area contributed by atoms with Gasteiger partial charge < -0.3 is 9.47 Å². The van der Waals surface area contributed by atoms with Crippen molar-refractivity contribution in [3.63, 3.8) is 0 Å². The van der Waals surface area contributed by atoms with Gasteiger partial charge in [-0.3, -0.25) is 11.3 Å². The van der Waals surface area contributed by atoms with E-state index in [-0.39, 0.29) is 6.04 Å². The first-order valence-electron chi connectivity index (χ1n) is 6.64. The van der Waals surface area contributed by atoms with E-state index >= 15 is 0 Å². The lowest BCUT2D eigenvalue weighted by atomic mass is 10.1. The standard InChI is InChI=1S/C14H22N2O2/c1-2-9-17-10-14(16-15)11-3-5-12(6-4-11)18-13-7-8-13/h3-6,13-14,16H,2,7-10,15H2,1H3. The largest absolute Gasteiger partial charge is 0.490 e. The van der Waals surface area contributed by atoms with E-state index in [4.69, 9.17) is 15.3 Å². The minimum absolute atomic E-state index is 0.0338. The summed E-state index contributed by atoms with van der Waals surface area (Å²) < 4.78 is 11.2. The van der Waals surface area contributed by atoms with Crippen LogP contribution < -0.4 is 16.0 Å². The zero-order valence-electron chi connectivity index (χ0n) is 10.9. The SMILES string of the molecule is CCCOCC(NN)c1ccc(OC2CC2)cc1. The molecule has 0 aliphatic heterocycles. The molecule has 1 aromatic rings. The summed E-state index contributed by atoms with van der Waals surface area (Å²) in [6.45, 7) is 3.45. The first-order chi connectivity index (χ1) is 8.83. The number of ether oxygens (including phenoxy) is 2. The van der Waals surface area contributed by atoms with E-state index in [0.29, 0.717) is 12.7 Å². The van der Waals surface area contributed by atoms with E-state index in [1.807, 2.05) is 24.3 Å². The number of nitrogens with one attached hydrogen (secondary N) is 1. The minimum atomic E-state index is 0.0338. The monoisotopic (exact) mass is 250 g/mol. The summed E-state index contributed by atoms with van der Waals surface area (Å²) >= 11 is 0. The molecule has 0 amide bonds. The molecule has 1 aromatic carbocycles. The van der Waals surface area contributed by atoms with Gasteiger partial charge in [-0.05, 0) is 37.0 Å². The summed E-state index contributed by atoms with van der Waals surface area (Å²) in [5, 5.41) is 0. The Hall–Kier alpha value is -1.10. The van der Waals surface area contributed by atoms with Crippen LogP contribution in [-0.4, -0.2) is 19.3 Å². The zero-order chi connectivity index (χ0) is 12.8. The van der Waals surface area contributed by atoms with Crippen LogP contribution in [0.2, 0.25) is 0 Å². The molecule has 4 heteroatoms. The lowest BCUT2D eigenvalue weighted by Gasteiger charge is -2.16. The topological polar surface area (TPSA) is 56.5 Å². The molecular weight excluding hydrogens is 228 g/mol. The Bertz CT molecular complexity index is 349. The average molecular weight is 250 g/mol. The summed E-state index contributed by atoms with van der Waals surface area (Å²) in [5.74, 6) is 6.49. The normalized spacial score (nSPS) is 16.6. The molecule has 1 aliphatic rings. The summed E-state index contributed by atoms with van der Waals surface area (Å²) in [6, 6.07) is 8.11. The second kappa shape index (κ2) is 6.73. The van der Waals surface area contributed by atoms with Crippen molar-refractivity contribution in [3.05, 3.63) is 29.8 Å². The van der Waals surface area contributed by atoms with Gasteiger partial charge in [0.05, 0.1) is 18.8 Å². The van der Waals surface area contributed by atoms with E-state index in [1.165, 1.54) is 12.8 Å². The van der Waals surface area contributed by atoms with Crippen LogP contribution in [0.1, 0.15) is 37.8 Å². The van der Waals surface area contributed by atoms with Gasteiger partial charge in [0.2, 0.25) is 0 Å². The van der Waals surface area contributed by atoms with Crippen molar-refractivity contribution in [2.24, 2.45) is 5.84 Å². The summed E-state index contributed by atoms with van der Waals surface area (Å²) in [6.07, 6.45) is 3.82. The Balaban J connectivity index is 1.88. The van der Waals surface area contributed by atoms with Crippen LogP contribution >= 0.6 is 0 Å². The van der Waals surface area contributed by atoms with Gasteiger partial charge >= 0.3 is 0 Å². The molecule has 1 atom stereocenters. The van der Waals surface area contributed by atoms with Crippen LogP contribution in [0.15, 0.2) is 24.3 Å². The van der Waals surface area contributed by atoms with Crippen molar-refractivity contribution in [1.29, 1.82) is 0 Å². The predicted molar refractivity (Wildman–Crippen MR) is 71.3 cm³/mol. The number of hydrazine groups is 1. The van der Waals surface area contributed by atoms with Crippen molar-refractivity contribution in [3.8, 4) is 5.75 Å². The molecule has 0 spiro atoms. The van der Waals surface area contributed by atoms with Gasteiger partial charge in [-0.25, -0.2) is 0 Å². The van der Waals surface area contributed by atoms with Crippen LogP contribution in [0.4, 0.5) is 0 Å². The third-order valence-corrected chi connectivity index (χ3v) is 2.94. The van der Waals surface area contributed by atoms with Gasteiger partial charge in [-0.1, -0.05) is 19.1 Å². The number of rotatable bonds is 8. The van der Waals surface area contributed by atoms with Crippen molar-refractivity contribution in [2.75, 3.05) is 13.2 Å². The smallest absolute Gasteiger partial charge is 0.119 e. The molecule has 4 nitrogen and oxygen atoms in total. The Morgan fingerprint density at radius 2 is 2.06 bits per heavy atom. The Morgan fingerprint density at radius 1 is 1.33 bits per heavy atom. The fraction of sp³-hybridized carbons (Fsp3) is 0.571. The van der Waals surface area contributed by atoms with Gasteiger partial charge in [-0.15, -0.1) is 0 Å². The van der Waals surface area contributed by atoms with Gasteiger partial charge in [0.1, 0.15) is 5.75 Å². The van der Waals surface area contributed by atoms with Crippen molar-refractivity contribution in [1.82, 2.24) is 5.43 Å². The Morgan fingerprint density at radius 3 is 2.61 bits per heavy atom. The highest BCUT2D eigenvalue weighted by Gasteiger charge is 2.23. The molecule has 1 saturated carbocycles. The molecule has 0 saturated heterocycles. The van der Waals surface area contributed by atoms with Gasteiger partial charge in [0.25, 0.3) is 0 Å². The van der Waals surface area contributed by atoms with E-state index in [0.717, 1.165) is 24.3 Å². The molecule has 2 rings (SSSR count). The Kier molecular flexibility index (Phi) is 4.99. The van der Waals surface area contributed by atoms with Gasteiger partial charge in [0.15, 0.2) is 0 Å². The van der Waals surface area contributed by atoms with Crippen LogP contribution in [-0.2, 0) is 4.74 Å². The molecule has 0 bridgehead atoms. The van der Waals surface area contributed by atoms with E-state index in [1.54, 1.807) is 0 Å². The van der Waals surface area contributed by atoms with Crippen LogP contribution in [0, 0.1) is 0 Å². The molecule has 1 unspecified atom stereocenters. The first-order valence-corrected chi connectivity index (χ1v) is 6.64. The fourth-order valence-corrected chi connectivity index (χ4v) is 1.74. The maximum absolute atomic E-state index is 5.71. The molecule has 3 N–H and O–H groups in total. The highest BCUT2D eigenvalue weighted by molar-refractivity contribution is 5.29. The molecule has 0 radical (unpaired) electrons. The highest BCUT2D eigenvalue weighted by Crippen LogP contribution is 2.27. The number of benzene rings is 1. The fourth-order valence-electron chi connectivity index (χ4n) is 1.74. The molecule has 0 heterocycles. The van der Waals surface area contributed by atoms with E-state index in [9.17, 15) is 0 Å². The van der Waals surface area contributed by atoms with E-state index < -0.39 is 0 Å². The summed E-state index contributed by atoms with van der Waals surface area (Å²) in [5.41, 5.74) is 3.91. The van der Waals surface area contributed by atoms with Crippen molar-refractivity contribution < 1.29 is 9.47 Å². The maximum atomic E-state index is 5.71. The lowest BCUT2D eigenvalue weighted by Crippen LogP contribution is -2.31. The zero-order valence-corrected chi connectivity index (χ0v) is 10.9. The third-order valence-electron chi connectivity index (χ3n) is 2.94. The number of hydrogen-bond acceptors (Lipinski definition) is 4. The molecule has 18 heavy (non-hydrogen) atoms. The maximum Gasteiger partial charge on any atom is 0.119 e. The van der Waals surface area contributed by atoms with Crippen molar-refractivity contribution >= 4 is 0 Å². The average Bonchev–Trinajstić information content (AvgIpc) is 3.20. The molecule has 1 aliphatic carbocycles. The highest BCUT2D eigenvalue weighted by atomic mass is 16.5. The third kappa shape index (κ3) is 3.98. The molecular formula is C14H22N2O2. The molecule has 0 aromatic heterocycles. The van der Waals surface area contributed by atoms with Gasteiger partial charge in [-0.2, -0.15) is 0 Å². The quantitative estimate of drug-likeness (QED) is 0.422. The first kappa shape index (κ1) is 13.3. The summed E-state index contributed by atoms with van der Waals surface area (Å²) in [4.78, 5) is 0. The Labute approximate surface area is 108 Å². The lowest BCUT2D eigenvalue weighted by molar-refractivity contribution is 0.112. The number of nitrogens with two attached hydrogens (primary N) is 1. The second-order valence-corrected chi connectivity index (χ2v) is 4.68. The van der Waals surface area contributed by atoms with E-state index in [2.05, 4.69) is 12.3 Å². The second-order valence-electron chi connectivity index (χ2n) is 4.68. The van der Waals surface area contributed by atoms with Crippen LogP contribution in [0.5, 0.6) is 5.75 Å². The van der Waals surface area contributed by atoms with Gasteiger partial charge in [0, 0.05) is 6.61 Å². The van der Waals surface area contributed by atoms with Crippen LogP contribution in [0.25, 0.3) is 0 Å². The summed E-state index contributed by atoms with van der Waals surface area (Å²) in [7, 11) is 0. The minimum Gasteiger partial charge on any atom is -0.490 e. The molecule has 1 fully saturated rings. The van der Waals surface area contributed by atoms with Crippen molar-refractivity contribution in [2.45, 2.75) is 38.3 Å². The van der Waals surface area contributed by atoms with Crippen LogP contribution in [0.3, 0.4) is 0 Å². The predicted octanol–water partition coefficient (Wildman–Crippen LogP) is 2.16.